The van der Waals surface area contributed by atoms with Crippen LogP contribution in [-0.2, 0) is 14.3 Å². The highest BCUT2D eigenvalue weighted by Crippen LogP contribution is 2.30. The van der Waals surface area contributed by atoms with Crippen LogP contribution in [0.4, 0.5) is 0 Å². The molecule has 0 rings (SSSR count). The molecule has 0 heterocycles. The van der Waals surface area contributed by atoms with Crippen molar-refractivity contribution in [2.45, 2.75) is 53.9 Å². The zero-order valence-electron chi connectivity index (χ0n) is 12.7. The first-order valence-electron chi connectivity index (χ1n) is 6.97. The summed E-state index contributed by atoms with van der Waals surface area (Å²) < 4.78 is 4.87. The van der Waals surface area contributed by atoms with Gasteiger partial charge in [-0.25, -0.2) is 0 Å². The monoisotopic (exact) mass is 256 g/mol. The van der Waals surface area contributed by atoms with E-state index in [9.17, 15) is 9.59 Å². The molecule has 0 aliphatic rings. The summed E-state index contributed by atoms with van der Waals surface area (Å²) in [6.07, 6.45) is 2.47. The molecule has 0 fully saturated rings. The maximum atomic E-state index is 12.3. The number of esters is 1. The molecule has 0 radical (unpaired) electrons. The van der Waals surface area contributed by atoms with Gasteiger partial charge in [-0.2, -0.15) is 0 Å². The molecule has 0 N–H and O–H groups in total. The van der Waals surface area contributed by atoms with Gasteiger partial charge in [0.25, 0.3) is 0 Å². The first-order chi connectivity index (χ1) is 8.36. The van der Waals surface area contributed by atoms with Crippen molar-refractivity contribution >= 4 is 11.8 Å². The van der Waals surface area contributed by atoms with Crippen LogP contribution in [0.25, 0.3) is 0 Å². The predicted octanol–water partition coefficient (Wildman–Crippen LogP) is 3.46. The van der Waals surface area contributed by atoms with Crippen molar-refractivity contribution in [1.82, 2.24) is 0 Å². The predicted molar refractivity (Wildman–Crippen MR) is 73.2 cm³/mol. The lowest BCUT2D eigenvalue weighted by Crippen LogP contribution is -2.37. The minimum atomic E-state index is -0.320. The lowest BCUT2D eigenvalue weighted by Gasteiger charge is -2.30. The van der Waals surface area contributed by atoms with Gasteiger partial charge in [-0.3, -0.25) is 9.59 Å². The number of hydrogen-bond acceptors (Lipinski definition) is 3. The molecule has 0 aromatic carbocycles. The van der Waals surface area contributed by atoms with Gasteiger partial charge in [0.15, 0.2) is 0 Å². The van der Waals surface area contributed by atoms with E-state index >= 15 is 0 Å². The van der Waals surface area contributed by atoms with Crippen molar-refractivity contribution < 1.29 is 14.3 Å². The van der Waals surface area contributed by atoms with E-state index in [1.165, 1.54) is 7.11 Å². The Hall–Kier alpha value is -0.860. The standard InChI is InChI=1S/C15H28O3/c1-7-8-9-12(16)13(10(2)3)14(11(4)5)15(17)18-6/h10-11,13-14H,7-9H2,1-6H3. The lowest BCUT2D eigenvalue weighted by molar-refractivity contribution is -0.153. The molecule has 0 aromatic rings. The number of unbranched alkanes of at least 4 members (excludes halogenated alkanes) is 1. The van der Waals surface area contributed by atoms with E-state index in [-0.39, 0.29) is 35.4 Å². The van der Waals surface area contributed by atoms with Gasteiger partial charge in [-0.15, -0.1) is 0 Å². The normalized spacial score (nSPS) is 14.7. The highest BCUT2D eigenvalue weighted by atomic mass is 16.5. The first kappa shape index (κ1) is 17.1. The molecule has 0 saturated carbocycles. The quantitative estimate of drug-likeness (QED) is 0.625. The molecule has 0 aliphatic heterocycles. The van der Waals surface area contributed by atoms with E-state index in [2.05, 4.69) is 6.92 Å². The lowest BCUT2D eigenvalue weighted by atomic mass is 9.74. The van der Waals surface area contributed by atoms with Crippen LogP contribution in [0.15, 0.2) is 0 Å². The van der Waals surface area contributed by atoms with Gasteiger partial charge in [-0.05, 0) is 18.3 Å². The second-order valence-electron chi connectivity index (χ2n) is 5.63. The molecule has 3 nitrogen and oxygen atoms in total. The van der Waals surface area contributed by atoms with E-state index in [0.29, 0.717) is 6.42 Å². The highest BCUT2D eigenvalue weighted by Gasteiger charge is 2.37. The zero-order valence-corrected chi connectivity index (χ0v) is 12.7. The Bertz CT molecular complexity index is 269. The van der Waals surface area contributed by atoms with Crippen LogP contribution in [0.3, 0.4) is 0 Å². The fraction of sp³-hybridized carbons (Fsp3) is 0.867. The number of hydrogen-bond donors (Lipinski definition) is 0. The van der Waals surface area contributed by atoms with Crippen LogP contribution >= 0.6 is 0 Å². The Morgan fingerprint density at radius 1 is 1.00 bits per heavy atom. The molecule has 3 heteroatoms. The fourth-order valence-corrected chi connectivity index (χ4v) is 2.47. The van der Waals surface area contributed by atoms with Gasteiger partial charge in [0, 0.05) is 12.3 Å². The van der Waals surface area contributed by atoms with E-state index < -0.39 is 0 Å². The van der Waals surface area contributed by atoms with E-state index in [1.807, 2.05) is 27.7 Å². The second-order valence-corrected chi connectivity index (χ2v) is 5.63. The van der Waals surface area contributed by atoms with Crippen molar-refractivity contribution in [2.75, 3.05) is 7.11 Å². The van der Waals surface area contributed by atoms with Crippen LogP contribution in [0.2, 0.25) is 0 Å². The zero-order chi connectivity index (χ0) is 14.3. The van der Waals surface area contributed by atoms with E-state index in [0.717, 1.165) is 12.8 Å². The van der Waals surface area contributed by atoms with Crippen LogP contribution in [0, 0.1) is 23.7 Å². The average molecular weight is 256 g/mol. The van der Waals surface area contributed by atoms with Crippen molar-refractivity contribution in [3.63, 3.8) is 0 Å². The molecule has 0 aromatic heterocycles. The Morgan fingerprint density at radius 2 is 1.50 bits per heavy atom. The average Bonchev–Trinajstić information content (AvgIpc) is 2.30. The SMILES string of the molecule is CCCCC(=O)C(C(C)C)C(C(=O)OC)C(C)C. The van der Waals surface area contributed by atoms with Crippen LogP contribution in [0.5, 0.6) is 0 Å². The minimum absolute atomic E-state index is 0.121. The summed E-state index contributed by atoms with van der Waals surface area (Å²) in [5, 5.41) is 0. The largest absolute Gasteiger partial charge is 0.469 e. The summed E-state index contributed by atoms with van der Waals surface area (Å²) in [5.41, 5.74) is 0. The summed E-state index contributed by atoms with van der Waals surface area (Å²) in [7, 11) is 1.39. The summed E-state index contributed by atoms with van der Waals surface area (Å²) in [6.45, 7) is 10.0. The smallest absolute Gasteiger partial charge is 0.309 e. The van der Waals surface area contributed by atoms with Gasteiger partial charge in [0.05, 0.1) is 13.0 Å². The molecular formula is C15H28O3. The van der Waals surface area contributed by atoms with Crippen molar-refractivity contribution in [1.29, 1.82) is 0 Å². The van der Waals surface area contributed by atoms with E-state index in [1.54, 1.807) is 0 Å². The number of methoxy groups -OCH3 is 1. The van der Waals surface area contributed by atoms with Crippen molar-refractivity contribution in [3.8, 4) is 0 Å². The third-order valence-corrected chi connectivity index (χ3v) is 3.45. The highest BCUT2D eigenvalue weighted by molar-refractivity contribution is 5.87. The third kappa shape index (κ3) is 4.79. The summed E-state index contributed by atoms with van der Waals surface area (Å²) >= 11 is 0. The van der Waals surface area contributed by atoms with Gasteiger partial charge < -0.3 is 4.74 Å². The third-order valence-electron chi connectivity index (χ3n) is 3.45. The molecular weight excluding hydrogens is 228 g/mol. The Morgan fingerprint density at radius 3 is 1.83 bits per heavy atom. The molecule has 0 amide bonds. The summed E-state index contributed by atoms with van der Waals surface area (Å²) in [4.78, 5) is 24.2. The second kappa shape index (κ2) is 8.28. The molecule has 2 atom stereocenters. The Balaban J connectivity index is 5.03. The molecule has 0 aliphatic carbocycles. The molecule has 0 spiro atoms. The van der Waals surface area contributed by atoms with Crippen molar-refractivity contribution in [2.24, 2.45) is 23.7 Å². The molecule has 106 valence electrons. The Labute approximate surface area is 111 Å². The first-order valence-corrected chi connectivity index (χ1v) is 6.97. The molecule has 2 unspecified atom stereocenters. The van der Waals surface area contributed by atoms with Crippen LogP contribution in [-0.4, -0.2) is 18.9 Å². The van der Waals surface area contributed by atoms with Crippen LogP contribution < -0.4 is 0 Å². The number of rotatable bonds is 8. The van der Waals surface area contributed by atoms with Crippen LogP contribution in [0.1, 0.15) is 53.9 Å². The summed E-state index contributed by atoms with van der Waals surface area (Å²) in [6, 6.07) is 0. The summed E-state index contributed by atoms with van der Waals surface area (Å²) in [5.74, 6) is -0.302. The number of carbonyl (C=O) groups excluding carboxylic acids is 2. The number of ether oxygens (including phenoxy) is 1. The molecule has 18 heavy (non-hydrogen) atoms. The number of ketones is 1. The van der Waals surface area contributed by atoms with E-state index in [4.69, 9.17) is 4.74 Å². The number of Topliss-reactive ketones (excluding diaryl/α,β-unsaturated/α-hetero) is 1. The van der Waals surface area contributed by atoms with Gasteiger partial charge in [0.2, 0.25) is 0 Å². The maximum absolute atomic E-state index is 12.3. The minimum Gasteiger partial charge on any atom is -0.469 e. The fourth-order valence-electron chi connectivity index (χ4n) is 2.47. The topological polar surface area (TPSA) is 43.4 Å². The molecule has 0 saturated heterocycles. The van der Waals surface area contributed by atoms with Gasteiger partial charge in [0.1, 0.15) is 5.78 Å². The van der Waals surface area contributed by atoms with Gasteiger partial charge >= 0.3 is 5.97 Å². The number of carbonyl (C=O) groups is 2. The van der Waals surface area contributed by atoms with Crippen molar-refractivity contribution in [3.05, 3.63) is 0 Å². The maximum Gasteiger partial charge on any atom is 0.309 e. The molecule has 0 bridgehead atoms. The Kier molecular flexibility index (Phi) is 7.88. The van der Waals surface area contributed by atoms with Gasteiger partial charge in [-0.1, -0.05) is 41.0 Å².